The van der Waals surface area contributed by atoms with Crippen LogP contribution in [0.1, 0.15) is 40.2 Å². The first-order valence-electron chi connectivity index (χ1n) is 8.58. The van der Waals surface area contributed by atoms with Crippen LogP contribution < -0.4 is 5.32 Å². The lowest BCUT2D eigenvalue weighted by Gasteiger charge is -2.18. The fraction of sp³-hybridized carbons (Fsp3) is 0.412. The minimum atomic E-state index is -0.251. The third-order valence-corrected chi connectivity index (χ3v) is 5.23. The number of nitrogens with zero attached hydrogens (tertiary/aromatic N) is 5. The van der Waals surface area contributed by atoms with Gasteiger partial charge >= 0.3 is 0 Å². The summed E-state index contributed by atoms with van der Waals surface area (Å²) in [6.45, 7) is 5.39. The molecule has 4 heterocycles. The highest BCUT2D eigenvalue weighted by Crippen LogP contribution is 2.17. The molecule has 8 nitrogen and oxygen atoms in total. The second-order valence-corrected chi connectivity index (χ2v) is 7.23. The fourth-order valence-electron chi connectivity index (χ4n) is 3.13. The summed E-state index contributed by atoms with van der Waals surface area (Å²) in [5, 5.41) is 14.7. The molecule has 1 atom stereocenters. The second-order valence-electron chi connectivity index (χ2n) is 6.25. The van der Waals surface area contributed by atoms with Gasteiger partial charge in [-0.1, -0.05) is 0 Å². The summed E-state index contributed by atoms with van der Waals surface area (Å²) in [4.78, 5) is 18.9. The van der Waals surface area contributed by atoms with Gasteiger partial charge < -0.3 is 14.3 Å². The number of aromatic nitrogens is 4. The van der Waals surface area contributed by atoms with Gasteiger partial charge in [0, 0.05) is 37.6 Å². The molecule has 1 aliphatic heterocycles. The summed E-state index contributed by atoms with van der Waals surface area (Å²) in [5.41, 5.74) is 0. The molecule has 0 fully saturated rings. The van der Waals surface area contributed by atoms with E-state index in [1.54, 1.807) is 23.5 Å². The molecule has 1 unspecified atom stereocenters. The highest BCUT2D eigenvalue weighted by atomic mass is 32.1. The molecule has 0 aliphatic carbocycles. The Morgan fingerprint density at radius 1 is 1.38 bits per heavy atom. The van der Waals surface area contributed by atoms with Crippen LogP contribution in [0.2, 0.25) is 0 Å². The van der Waals surface area contributed by atoms with E-state index in [-0.39, 0.29) is 11.9 Å². The van der Waals surface area contributed by atoms with Gasteiger partial charge in [-0.15, -0.1) is 21.5 Å². The van der Waals surface area contributed by atoms with Crippen molar-refractivity contribution in [1.82, 2.24) is 30.0 Å². The molecular formula is C17H20N6O2S. The van der Waals surface area contributed by atoms with Crippen LogP contribution in [0.4, 0.5) is 0 Å². The SMILES string of the molecule is CC(NC(=O)c1ccco1)c1nnc2n1CCN(Cc1nccs1)CC2. The maximum atomic E-state index is 12.2. The van der Waals surface area contributed by atoms with E-state index in [4.69, 9.17) is 4.42 Å². The molecule has 1 aliphatic rings. The van der Waals surface area contributed by atoms with E-state index in [0.29, 0.717) is 5.76 Å². The second kappa shape index (κ2) is 7.38. The Bertz CT molecular complexity index is 858. The van der Waals surface area contributed by atoms with Crippen molar-refractivity contribution in [2.75, 3.05) is 13.1 Å². The zero-order valence-corrected chi connectivity index (χ0v) is 15.3. The minimum absolute atomic E-state index is 0.251. The normalized spacial score (nSPS) is 16.0. The van der Waals surface area contributed by atoms with Crippen molar-refractivity contribution in [1.29, 1.82) is 0 Å². The number of hydrogen-bond donors (Lipinski definition) is 1. The topological polar surface area (TPSA) is 89.1 Å². The van der Waals surface area contributed by atoms with Crippen LogP contribution in [0.5, 0.6) is 0 Å². The van der Waals surface area contributed by atoms with Gasteiger partial charge in [0.05, 0.1) is 18.8 Å². The van der Waals surface area contributed by atoms with Crippen molar-refractivity contribution in [3.63, 3.8) is 0 Å². The Kier molecular flexibility index (Phi) is 4.81. The van der Waals surface area contributed by atoms with Gasteiger partial charge in [-0.25, -0.2) is 4.98 Å². The molecule has 26 heavy (non-hydrogen) atoms. The van der Waals surface area contributed by atoms with E-state index in [1.807, 2.05) is 18.5 Å². The molecule has 3 aromatic rings. The summed E-state index contributed by atoms with van der Waals surface area (Å²) >= 11 is 1.68. The number of amides is 1. The van der Waals surface area contributed by atoms with Crippen molar-refractivity contribution < 1.29 is 9.21 Å². The van der Waals surface area contributed by atoms with E-state index in [0.717, 1.165) is 49.3 Å². The van der Waals surface area contributed by atoms with Gasteiger partial charge in [0.25, 0.3) is 5.91 Å². The zero-order valence-electron chi connectivity index (χ0n) is 14.5. The van der Waals surface area contributed by atoms with E-state index in [9.17, 15) is 4.79 Å². The summed E-state index contributed by atoms with van der Waals surface area (Å²) < 4.78 is 7.26. The molecule has 0 saturated carbocycles. The lowest BCUT2D eigenvalue weighted by molar-refractivity contribution is 0.0909. The smallest absolute Gasteiger partial charge is 0.287 e. The largest absolute Gasteiger partial charge is 0.459 e. The maximum Gasteiger partial charge on any atom is 0.287 e. The number of hydrogen-bond acceptors (Lipinski definition) is 7. The van der Waals surface area contributed by atoms with E-state index >= 15 is 0 Å². The molecule has 1 amide bonds. The predicted octanol–water partition coefficient (Wildman–Crippen LogP) is 1.88. The molecule has 3 aromatic heterocycles. The Morgan fingerprint density at radius 3 is 3.08 bits per heavy atom. The molecule has 0 spiro atoms. The summed E-state index contributed by atoms with van der Waals surface area (Å²) in [5.74, 6) is 1.78. The van der Waals surface area contributed by atoms with Crippen molar-refractivity contribution in [2.45, 2.75) is 32.5 Å². The Balaban J connectivity index is 1.43. The van der Waals surface area contributed by atoms with Crippen LogP contribution >= 0.6 is 11.3 Å². The van der Waals surface area contributed by atoms with Crippen molar-refractivity contribution in [2.24, 2.45) is 0 Å². The summed E-state index contributed by atoms with van der Waals surface area (Å²) in [7, 11) is 0. The molecule has 4 rings (SSSR count). The van der Waals surface area contributed by atoms with Crippen LogP contribution in [0.25, 0.3) is 0 Å². The number of nitrogens with one attached hydrogen (secondary N) is 1. The van der Waals surface area contributed by atoms with Crippen LogP contribution in [-0.2, 0) is 19.5 Å². The standard InChI is InChI=1S/C17H20N6O2S/c1-12(19-17(24)13-3-2-9-25-13)16-21-20-14-4-6-22(7-8-23(14)16)11-15-18-5-10-26-15/h2-3,5,9-10,12H,4,6-8,11H2,1H3,(H,19,24). The number of rotatable bonds is 5. The van der Waals surface area contributed by atoms with Crippen LogP contribution in [0.3, 0.4) is 0 Å². The monoisotopic (exact) mass is 372 g/mol. The van der Waals surface area contributed by atoms with Crippen molar-refractivity contribution in [3.05, 3.63) is 52.4 Å². The van der Waals surface area contributed by atoms with Crippen molar-refractivity contribution in [3.8, 4) is 0 Å². The van der Waals surface area contributed by atoms with Crippen LogP contribution in [-0.4, -0.2) is 43.6 Å². The Hall–Kier alpha value is -2.52. The van der Waals surface area contributed by atoms with Gasteiger partial charge in [0.15, 0.2) is 11.6 Å². The first kappa shape index (κ1) is 16.9. The van der Waals surface area contributed by atoms with E-state index in [1.165, 1.54) is 6.26 Å². The average Bonchev–Trinajstić information content (AvgIpc) is 3.37. The molecule has 1 N–H and O–H groups in total. The van der Waals surface area contributed by atoms with E-state index in [2.05, 4.69) is 30.0 Å². The Labute approximate surface area is 154 Å². The van der Waals surface area contributed by atoms with Gasteiger partial charge in [-0.05, 0) is 19.1 Å². The molecule has 0 bridgehead atoms. The molecule has 136 valence electrons. The van der Waals surface area contributed by atoms with Gasteiger partial charge in [0.2, 0.25) is 0 Å². The van der Waals surface area contributed by atoms with Gasteiger partial charge in [-0.3, -0.25) is 9.69 Å². The quantitative estimate of drug-likeness (QED) is 0.736. The van der Waals surface area contributed by atoms with E-state index < -0.39 is 0 Å². The molecular weight excluding hydrogens is 352 g/mol. The number of thiazole rings is 1. The predicted molar refractivity (Wildman–Crippen MR) is 95.7 cm³/mol. The molecule has 0 saturated heterocycles. The highest BCUT2D eigenvalue weighted by Gasteiger charge is 2.23. The average molecular weight is 372 g/mol. The molecule has 9 heteroatoms. The van der Waals surface area contributed by atoms with Crippen LogP contribution in [0.15, 0.2) is 34.4 Å². The number of fused-ring (bicyclic) bond motifs is 1. The molecule has 0 aromatic carbocycles. The van der Waals surface area contributed by atoms with Gasteiger partial charge in [-0.2, -0.15) is 0 Å². The first-order chi connectivity index (χ1) is 12.7. The number of furan rings is 1. The number of carbonyl (C=O) groups is 1. The lowest BCUT2D eigenvalue weighted by Crippen LogP contribution is -2.30. The summed E-state index contributed by atoms with van der Waals surface area (Å²) in [6.07, 6.45) is 4.16. The zero-order chi connectivity index (χ0) is 17.9. The summed E-state index contributed by atoms with van der Waals surface area (Å²) in [6, 6.07) is 3.09. The molecule has 0 radical (unpaired) electrons. The lowest BCUT2D eigenvalue weighted by atomic mass is 10.3. The highest BCUT2D eigenvalue weighted by molar-refractivity contribution is 7.09. The maximum absolute atomic E-state index is 12.2. The third-order valence-electron chi connectivity index (χ3n) is 4.47. The Morgan fingerprint density at radius 2 is 2.31 bits per heavy atom. The van der Waals surface area contributed by atoms with Gasteiger partial charge in [0.1, 0.15) is 10.8 Å². The first-order valence-corrected chi connectivity index (χ1v) is 9.46. The fourth-order valence-corrected chi connectivity index (χ4v) is 3.79. The third kappa shape index (κ3) is 3.54. The van der Waals surface area contributed by atoms with Crippen LogP contribution in [0, 0.1) is 0 Å². The van der Waals surface area contributed by atoms with Crippen molar-refractivity contribution >= 4 is 17.2 Å². The minimum Gasteiger partial charge on any atom is -0.459 e. The number of carbonyl (C=O) groups excluding carboxylic acids is 1.